The van der Waals surface area contributed by atoms with Gasteiger partial charge in [0, 0.05) is 6.08 Å². The van der Waals surface area contributed by atoms with Gasteiger partial charge in [0.2, 0.25) is 5.91 Å². The van der Waals surface area contributed by atoms with E-state index in [0.717, 1.165) is 16.9 Å². The average molecular weight is 322 g/mol. The quantitative estimate of drug-likeness (QED) is 0.677. The minimum atomic E-state index is -0.415. The van der Waals surface area contributed by atoms with Crippen molar-refractivity contribution in [3.8, 4) is 0 Å². The van der Waals surface area contributed by atoms with Crippen LogP contribution >= 0.6 is 22.7 Å². The molecule has 1 N–H and O–H groups in total. The number of hydrogen-bond acceptors (Lipinski definition) is 6. The van der Waals surface area contributed by atoms with Crippen LogP contribution in [0.5, 0.6) is 0 Å². The number of hydrogen-bond donors (Lipinski definition) is 1. The zero-order valence-electron chi connectivity index (χ0n) is 11.6. The fraction of sp³-hybridized carbons (Fsp3) is 0.214. The first kappa shape index (κ1) is 15.4. The van der Waals surface area contributed by atoms with Gasteiger partial charge in [0.05, 0.1) is 12.3 Å². The highest BCUT2D eigenvalue weighted by Gasteiger charge is 2.16. The number of thiophene rings is 1. The molecule has 0 bridgehead atoms. The fourth-order valence-corrected chi connectivity index (χ4v) is 3.02. The first-order chi connectivity index (χ1) is 10.1. The molecule has 0 aromatic carbocycles. The Morgan fingerprint density at radius 2 is 2.29 bits per heavy atom. The first-order valence-corrected chi connectivity index (χ1v) is 8.02. The van der Waals surface area contributed by atoms with E-state index in [9.17, 15) is 9.59 Å². The van der Waals surface area contributed by atoms with Crippen LogP contribution < -0.4 is 5.32 Å². The molecule has 110 valence electrons. The lowest BCUT2D eigenvalue weighted by atomic mass is 10.3. The Morgan fingerprint density at radius 1 is 1.48 bits per heavy atom. The van der Waals surface area contributed by atoms with E-state index >= 15 is 0 Å². The summed E-state index contributed by atoms with van der Waals surface area (Å²) < 4.78 is 4.93. The maximum Gasteiger partial charge on any atom is 0.350 e. The molecule has 0 aliphatic carbocycles. The van der Waals surface area contributed by atoms with Crippen molar-refractivity contribution in [3.63, 3.8) is 0 Å². The Kier molecular flexibility index (Phi) is 5.24. The molecule has 2 aromatic rings. The third kappa shape index (κ3) is 4.24. The predicted molar refractivity (Wildman–Crippen MR) is 84.8 cm³/mol. The lowest BCUT2D eigenvalue weighted by Crippen LogP contribution is -2.07. The van der Waals surface area contributed by atoms with Gasteiger partial charge in [-0.1, -0.05) is 11.3 Å². The van der Waals surface area contributed by atoms with Crippen molar-refractivity contribution < 1.29 is 14.3 Å². The second-order valence-electron chi connectivity index (χ2n) is 4.03. The predicted octanol–water partition coefficient (Wildman–Crippen LogP) is 3.34. The maximum atomic E-state index is 11.8. The molecule has 21 heavy (non-hydrogen) atoms. The highest BCUT2D eigenvalue weighted by Crippen LogP contribution is 2.23. The van der Waals surface area contributed by atoms with E-state index in [0.29, 0.717) is 22.3 Å². The van der Waals surface area contributed by atoms with E-state index in [-0.39, 0.29) is 5.91 Å². The van der Waals surface area contributed by atoms with Gasteiger partial charge in [-0.15, -0.1) is 0 Å². The van der Waals surface area contributed by atoms with Gasteiger partial charge >= 0.3 is 5.97 Å². The minimum Gasteiger partial charge on any atom is -0.462 e. The lowest BCUT2D eigenvalue weighted by Gasteiger charge is -1.97. The highest BCUT2D eigenvalue weighted by molar-refractivity contribution is 7.17. The molecule has 0 saturated heterocycles. The lowest BCUT2D eigenvalue weighted by molar-refractivity contribution is -0.111. The smallest absolute Gasteiger partial charge is 0.350 e. The number of nitrogens with zero attached hydrogens (tertiary/aromatic N) is 1. The Bertz CT molecular complexity index is 660. The van der Waals surface area contributed by atoms with Gasteiger partial charge in [-0.3, -0.25) is 10.1 Å². The Hall–Kier alpha value is -1.99. The number of amides is 1. The largest absolute Gasteiger partial charge is 0.462 e. The number of rotatable bonds is 5. The number of carbonyl (C=O) groups is 2. The summed E-state index contributed by atoms with van der Waals surface area (Å²) in [6.07, 6.45) is 3.15. The van der Waals surface area contributed by atoms with Crippen LogP contribution in [0.25, 0.3) is 6.08 Å². The van der Waals surface area contributed by atoms with Crippen molar-refractivity contribution >= 4 is 45.8 Å². The van der Waals surface area contributed by atoms with Crippen LogP contribution in [0.4, 0.5) is 5.13 Å². The van der Waals surface area contributed by atoms with Crippen LogP contribution in [0.1, 0.15) is 27.9 Å². The number of nitrogens with one attached hydrogen (secondary N) is 1. The minimum absolute atomic E-state index is 0.287. The summed E-state index contributed by atoms with van der Waals surface area (Å²) in [5.74, 6) is -0.702. The summed E-state index contributed by atoms with van der Waals surface area (Å²) in [5.41, 5.74) is 1.52. The molecule has 0 aliphatic rings. The molecule has 0 atom stereocenters. The van der Waals surface area contributed by atoms with E-state index in [1.165, 1.54) is 6.08 Å². The number of anilines is 1. The first-order valence-electron chi connectivity index (χ1n) is 6.26. The fourth-order valence-electron chi connectivity index (χ4n) is 1.52. The molecule has 2 aromatic heterocycles. The van der Waals surface area contributed by atoms with Crippen LogP contribution in [-0.2, 0) is 9.53 Å². The summed E-state index contributed by atoms with van der Waals surface area (Å²) in [7, 11) is 0. The van der Waals surface area contributed by atoms with Crippen molar-refractivity contribution in [1.82, 2.24) is 4.98 Å². The Balaban J connectivity index is 2.01. The summed E-state index contributed by atoms with van der Waals surface area (Å²) in [6.45, 7) is 3.76. The molecule has 5 nitrogen and oxygen atoms in total. The van der Waals surface area contributed by atoms with E-state index < -0.39 is 5.97 Å². The zero-order chi connectivity index (χ0) is 15.2. The third-order valence-electron chi connectivity index (χ3n) is 2.46. The molecular weight excluding hydrogens is 308 g/mol. The van der Waals surface area contributed by atoms with Gasteiger partial charge in [-0.25, -0.2) is 9.78 Å². The molecule has 0 aliphatic heterocycles. The summed E-state index contributed by atoms with van der Waals surface area (Å²) in [4.78, 5) is 28.0. The SMILES string of the molecule is CCOC(=O)c1sc(NC(=O)C=Cc2ccsc2)nc1C. The average Bonchev–Trinajstić information content (AvgIpc) is 3.06. The molecule has 0 fully saturated rings. The second-order valence-corrected chi connectivity index (χ2v) is 5.81. The van der Waals surface area contributed by atoms with Crippen molar-refractivity contribution in [3.05, 3.63) is 39.0 Å². The Morgan fingerprint density at radius 3 is 2.95 bits per heavy atom. The van der Waals surface area contributed by atoms with Crippen molar-refractivity contribution in [2.75, 3.05) is 11.9 Å². The molecule has 0 spiro atoms. The molecule has 7 heteroatoms. The van der Waals surface area contributed by atoms with Crippen LogP contribution in [-0.4, -0.2) is 23.5 Å². The summed E-state index contributed by atoms with van der Waals surface area (Å²) in [6, 6.07) is 1.92. The standard InChI is InChI=1S/C14H14N2O3S2/c1-3-19-13(18)12-9(2)15-14(21-12)16-11(17)5-4-10-6-7-20-8-10/h4-8H,3H2,1-2H3,(H,15,16,17). The van der Waals surface area contributed by atoms with E-state index in [1.54, 1.807) is 31.3 Å². The number of esters is 1. The van der Waals surface area contributed by atoms with E-state index in [4.69, 9.17) is 4.74 Å². The number of aryl methyl sites for hydroxylation is 1. The van der Waals surface area contributed by atoms with Gasteiger partial charge in [-0.2, -0.15) is 11.3 Å². The molecule has 0 unspecified atom stereocenters. The molecule has 0 saturated carbocycles. The molecule has 0 radical (unpaired) electrons. The van der Waals surface area contributed by atoms with Gasteiger partial charge in [0.15, 0.2) is 5.13 Å². The van der Waals surface area contributed by atoms with Gasteiger partial charge < -0.3 is 4.74 Å². The van der Waals surface area contributed by atoms with Crippen molar-refractivity contribution in [2.45, 2.75) is 13.8 Å². The monoisotopic (exact) mass is 322 g/mol. The van der Waals surface area contributed by atoms with Crippen molar-refractivity contribution in [2.24, 2.45) is 0 Å². The van der Waals surface area contributed by atoms with E-state index in [1.807, 2.05) is 16.8 Å². The number of thiazole rings is 1. The van der Waals surface area contributed by atoms with Crippen LogP contribution in [0.3, 0.4) is 0 Å². The van der Waals surface area contributed by atoms with Gasteiger partial charge in [-0.05, 0) is 42.3 Å². The topological polar surface area (TPSA) is 68.3 Å². The summed E-state index contributed by atoms with van der Waals surface area (Å²) in [5, 5.41) is 6.90. The molecule has 2 rings (SSSR count). The highest BCUT2D eigenvalue weighted by atomic mass is 32.1. The van der Waals surface area contributed by atoms with Gasteiger partial charge in [0.25, 0.3) is 0 Å². The van der Waals surface area contributed by atoms with Crippen molar-refractivity contribution in [1.29, 1.82) is 0 Å². The van der Waals surface area contributed by atoms with Crippen LogP contribution in [0.15, 0.2) is 22.9 Å². The molecule has 1 amide bonds. The maximum absolute atomic E-state index is 11.8. The zero-order valence-corrected chi connectivity index (χ0v) is 13.2. The Labute approximate surface area is 130 Å². The van der Waals surface area contributed by atoms with E-state index in [2.05, 4.69) is 10.3 Å². The molecule has 2 heterocycles. The van der Waals surface area contributed by atoms with Crippen LogP contribution in [0, 0.1) is 6.92 Å². The second kappa shape index (κ2) is 7.14. The summed E-state index contributed by atoms with van der Waals surface area (Å²) >= 11 is 2.67. The number of aromatic nitrogens is 1. The number of ether oxygens (including phenoxy) is 1. The van der Waals surface area contributed by atoms with Gasteiger partial charge in [0.1, 0.15) is 4.88 Å². The normalized spacial score (nSPS) is 10.8. The van der Waals surface area contributed by atoms with Crippen LogP contribution in [0.2, 0.25) is 0 Å². The number of carbonyl (C=O) groups excluding carboxylic acids is 2. The third-order valence-corrected chi connectivity index (χ3v) is 4.21. The molecular formula is C14H14N2O3S2.